The first-order chi connectivity index (χ1) is 23.3. The van der Waals surface area contributed by atoms with Crippen LogP contribution in [0.1, 0.15) is 74.0 Å². The highest BCUT2D eigenvalue weighted by Gasteiger charge is 2.59. The molecule has 4 atom stereocenters. The zero-order chi connectivity index (χ0) is 35.1. The van der Waals surface area contributed by atoms with Gasteiger partial charge in [-0.05, 0) is 61.1 Å². The van der Waals surface area contributed by atoms with Crippen molar-refractivity contribution in [2.45, 2.75) is 75.2 Å². The van der Waals surface area contributed by atoms with Crippen molar-refractivity contribution >= 4 is 17.6 Å². The number of ether oxygens (including phenoxy) is 2. The summed E-state index contributed by atoms with van der Waals surface area (Å²) in [5.74, 6) is -2.58. The molecule has 1 N–H and O–H groups in total. The minimum absolute atomic E-state index is 0.0145. The summed E-state index contributed by atoms with van der Waals surface area (Å²) in [5, 5.41) is 9.53. The number of carbonyl (C=O) groups excluding carboxylic acids is 1. The van der Waals surface area contributed by atoms with Gasteiger partial charge >= 0.3 is 12.1 Å². The third-order valence-corrected chi connectivity index (χ3v) is 11.6. The van der Waals surface area contributed by atoms with E-state index in [1.54, 1.807) is 31.3 Å². The predicted octanol–water partition coefficient (Wildman–Crippen LogP) is 6.34. The van der Waals surface area contributed by atoms with Gasteiger partial charge in [0.15, 0.2) is 0 Å². The molecule has 1 aliphatic carbocycles. The van der Waals surface area contributed by atoms with Gasteiger partial charge in [0, 0.05) is 75.4 Å². The zero-order valence-corrected chi connectivity index (χ0v) is 28.5. The lowest BCUT2D eigenvalue weighted by Gasteiger charge is -2.37. The van der Waals surface area contributed by atoms with Crippen LogP contribution in [0.5, 0.6) is 5.75 Å². The summed E-state index contributed by atoms with van der Waals surface area (Å²) >= 11 is 0. The van der Waals surface area contributed by atoms with Crippen molar-refractivity contribution < 1.29 is 41.7 Å². The Morgan fingerprint density at radius 2 is 1.61 bits per heavy atom. The SMILES string of the molecule is COC[C@@]1(C)CN(C(=O)[C@]2(F)CN(C3CCCC3)C[C@H]2c2ccc(OC)cc2)C[C@@H]1c1ccc(C(F)(F)F)cc1N1CCC(C(=O)O)CC1. The van der Waals surface area contributed by atoms with Gasteiger partial charge in [-0.3, -0.25) is 14.5 Å². The van der Waals surface area contributed by atoms with Crippen LogP contribution in [-0.4, -0.2) is 98.6 Å². The van der Waals surface area contributed by atoms with Gasteiger partial charge < -0.3 is 24.4 Å². The van der Waals surface area contributed by atoms with E-state index in [1.807, 2.05) is 24.0 Å². The lowest BCUT2D eigenvalue weighted by atomic mass is 9.75. The average Bonchev–Trinajstić information content (AvgIpc) is 3.82. The molecule has 3 aliphatic heterocycles. The molecule has 4 fully saturated rings. The van der Waals surface area contributed by atoms with Crippen molar-refractivity contribution in [1.29, 1.82) is 0 Å². The largest absolute Gasteiger partial charge is 0.497 e. The van der Waals surface area contributed by atoms with Crippen molar-refractivity contribution in [1.82, 2.24) is 9.80 Å². The Labute approximate surface area is 285 Å². The topological polar surface area (TPSA) is 82.6 Å². The number of aliphatic carboxylic acids is 1. The van der Waals surface area contributed by atoms with Gasteiger partial charge in [0.1, 0.15) is 5.75 Å². The molecule has 0 aromatic heterocycles. The number of hydrogen-bond acceptors (Lipinski definition) is 6. The summed E-state index contributed by atoms with van der Waals surface area (Å²) in [5.41, 5.74) is -2.01. The highest BCUT2D eigenvalue weighted by atomic mass is 19.4. The quantitative estimate of drug-likeness (QED) is 0.308. The minimum Gasteiger partial charge on any atom is -0.497 e. The molecule has 2 aromatic carbocycles. The molecular weight excluding hydrogens is 642 g/mol. The van der Waals surface area contributed by atoms with Crippen molar-refractivity contribution in [2.75, 3.05) is 65.0 Å². The Hall–Kier alpha value is -3.38. The van der Waals surface area contributed by atoms with E-state index >= 15 is 4.39 Å². The normalized spacial score (nSPS) is 28.8. The maximum absolute atomic E-state index is 17.7. The third kappa shape index (κ3) is 6.87. The van der Waals surface area contributed by atoms with Gasteiger partial charge in [-0.25, -0.2) is 4.39 Å². The molecule has 1 saturated carbocycles. The highest BCUT2D eigenvalue weighted by molar-refractivity contribution is 5.88. The van der Waals surface area contributed by atoms with Crippen LogP contribution in [0.4, 0.5) is 23.2 Å². The number of methoxy groups -OCH3 is 2. The smallest absolute Gasteiger partial charge is 0.416 e. The number of alkyl halides is 4. The number of rotatable bonds is 9. The number of hydrogen-bond donors (Lipinski definition) is 1. The Morgan fingerprint density at radius 1 is 0.939 bits per heavy atom. The molecule has 8 nitrogen and oxygen atoms in total. The van der Waals surface area contributed by atoms with Crippen LogP contribution < -0.4 is 9.64 Å². The molecule has 12 heteroatoms. The second-order valence-electron chi connectivity index (χ2n) is 14.8. The number of carbonyl (C=O) groups is 2. The summed E-state index contributed by atoms with van der Waals surface area (Å²) < 4.78 is 70.7. The number of piperidine rings is 1. The molecular formula is C37H47F4N3O5. The first-order valence-electron chi connectivity index (χ1n) is 17.3. The summed E-state index contributed by atoms with van der Waals surface area (Å²) in [6, 6.07) is 11.1. The fourth-order valence-corrected chi connectivity index (χ4v) is 8.89. The molecule has 0 unspecified atom stereocenters. The van der Waals surface area contributed by atoms with Gasteiger partial charge in [0.05, 0.1) is 25.2 Å². The van der Waals surface area contributed by atoms with E-state index in [-0.39, 0.29) is 45.4 Å². The van der Waals surface area contributed by atoms with Crippen molar-refractivity contribution in [3.63, 3.8) is 0 Å². The van der Waals surface area contributed by atoms with Crippen LogP contribution in [0.3, 0.4) is 0 Å². The van der Waals surface area contributed by atoms with Gasteiger partial charge in [-0.1, -0.05) is 38.0 Å². The van der Waals surface area contributed by atoms with E-state index in [0.29, 0.717) is 36.4 Å². The monoisotopic (exact) mass is 689 g/mol. The summed E-state index contributed by atoms with van der Waals surface area (Å²) in [4.78, 5) is 31.8. The van der Waals surface area contributed by atoms with Crippen LogP contribution in [-0.2, 0) is 20.5 Å². The Morgan fingerprint density at radius 3 is 2.20 bits per heavy atom. The maximum Gasteiger partial charge on any atom is 0.416 e. The molecule has 0 bridgehead atoms. The Bertz CT molecular complexity index is 1510. The summed E-state index contributed by atoms with van der Waals surface area (Å²) in [6.07, 6.45) is 0.136. The standard InChI is InChI=1S/C37H47F4N3O5/c1-35(23-48-2)21-44(20-31(35)29-13-10-26(37(39,40)41)18-32(29)42-16-14-25(15-17-42)33(45)46)34(47)36(38)22-43(27-6-4-5-7-27)19-30(36)24-8-11-28(49-3)12-9-24/h8-13,18,25,27,30-31H,4-7,14-17,19-23H2,1-3H3,(H,45,46)/t30-,31+,35+,36-/m0/s1. The molecule has 49 heavy (non-hydrogen) atoms. The number of likely N-dealkylation sites (tertiary alicyclic amines) is 2. The van der Waals surface area contributed by atoms with Crippen LogP contribution >= 0.6 is 0 Å². The van der Waals surface area contributed by atoms with Crippen molar-refractivity contribution in [3.05, 3.63) is 59.2 Å². The van der Waals surface area contributed by atoms with Gasteiger partial charge in [-0.2, -0.15) is 13.2 Å². The maximum atomic E-state index is 17.7. The number of nitrogens with zero attached hydrogens (tertiary/aromatic N) is 3. The molecule has 0 spiro atoms. The fraction of sp³-hybridized carbons (Fsp3) is 0.622. The molecule has 0 radical (unpaired) electrons. The van der Waals surface area contributed by atoms with Crippen LogP contribution in [0, 0.1) is 11.3 Å². The van der Waals surface area contributed by atoms with Gasteiger partial charge in [-0.15, -0.1) is 0 Å². The first-order valence-corrected chi connectivity index (χ1v) is 17.3. The minimum atomic E-state index is -4.58. The number of halogens is 4. The zero-order valence-electron chi connectivity index (χ0n) is 28.5. The third-order valence-electron chi connectivity index (χ3n) is 11.6. The predicted molar refractivity (Wildman–Crippen MR) is 177 cm³/mol. The molecule has 3 saturated heterocycles. The number of amides is 1. The lowest BCUT2D eigenvalue weighted by Crippen LogP contribution is -2.50. The molecule has 2 aromatic rings. The number of carboxylic acids is 1. The van der Waals surface area contributed by atoms with E-state index < -0.39 is 52.5 Å². The Balaban J connectivity index is 1.34. The molecule has 3 heterocycles. The van der Waals surface area contributed by atoms with Gasteiger partial charge in [0.25, 0.3) is 5.91 Å². The molecule has 6 rings (SSSR count). The molecule has 1 amide bonds. The average molecular weight is 690 g/mol. The van der Waals surface area contributed by atoms with E-state index in [2.05, 4.69) is 4.90 Å². The van der Waals surface area contributed by atoms with E-state index in [0.717, 1.165) is 43.4 Å². The van der Waals surface area contributed by atoms with Crippen LogP contribution in [0.25, 0.3) is 0 Å². The molecule has 268 valence electrons. The van der Waals surface area contributed by atoms with E-state index in [4.69, 9.17) is 9.47 Å². The second kappa shape index (κ2) is 13.7. The lowest BCUT2D eigenvalue weighted by molar-refractivity contribution is -0.144. The van der Waals surface area contributed by atoms with Crippen LogP contribution in [0.15, 0.2) is 42.5 Å². The van der Waals surface area contributed by atoms with Crippen molar-refractivity contribution in [2.24, 2.45) is 11.3 Å². The Kier molecular flexibility index (Phi) is 9.94. The number of benzene rings is 2. The molecule has 4 aliphatic rings. The number of anilines is 1. The fourth-order valence-electron chi connectivity index (χ4n) is 8.89. The first kappa shape index (κ1) is 35.4. The highest BCUT2D eigenvalue weighted by Crippen LogP contribution is 2.50. The van der Waals surface area contributed by atoms with Crippen molar-refractivity contribution in [3.8, 4) is 5.75 Å². The van der Waals surface area contributed by atoms with Gasteiger partial charge in [0.2, 0.25) is 5.67 Å². The number of carboxylic acid groups (broad SMARTS) is 1. The second-order valence-corrected chi connectivity index (χ2v) is 14.8. The van der Waals surface area contributed by atoms with E-state index in [1.165, 1.54) is 6.07 Å². The van der Waals surface area contributed by atoms with E-state index in [9.17, 15) is 27.9 Å². The van der Waals surface area contributed by atoms with Crippen LogP contribution in [0.2, 0.25) is 0 Å². The summed E-state index contributed by atoms with van der Waals surface area (Å²) in [7, 11) is 3.11. The summed E-state index contributed by atoms with van der Waals surface area (Å²) in [6.45, 7) is 3.42.